The highest BCUT2D eigenvalue weighted by Crippen LogP contribution is 2.36. The molecule has 0 unspecified atom stereocenters. The van der Waals surface area contributed by atoms with Gasteiger partial charge in [0.15, 0.2) is 10.9 Å². The molecule has 3 heterocycles. The molecule has 0 N–H and O–H groups in total. The summed E-state index contributed by atoms with van der Waals surface area (Å²) >= 11 is 9.15. The lowest BCUT2D eigenvalue weighted by atomic mass is 10.1. The third-order valence-electron chi connectivity index (χ3n) is 3.59. The molecule has 0 aliphatic carbocycles. The van der Waals surface area contributed by atoms with Gasteiger partial charge in [-0.2, -0.15) is 0 Å². The molecule has 1 atom stereocenters. The molecule has 0 aromatic carbocycles. The van der Waals surface area contributed by atoms with E-state index < -0.39 is 0 Å². The predicted octanol–water partition coefficient (Wildman–Crippen LogP) is 4.54. The van der Waals surface area contributed by atoms with E-state index in [-0.39, 0.29) is 6.04 Å². The van der Waals surface area contributed by atoms with E-state index in [1.807, 2.05) is 24.6 Å². The van der Waals surface area contributed by atoms with Crippen LogP contribution < -0.4 is 0 Å². The molecule has 1 saturated heterocycles. The maximum atomic E-state index is 5.98. The summed E-state index contributed by atoms with van der Waals surface area (Å²) in [6, 6.07) is 4.18. The van der Waals surface area contributed by atoms with Crippen LogP contribution in [0.1, 0.15) is 24.6 Å². The molecule has 2 aromatic heterocycles. The minimum atomic E-state index is 0.253. The molecular weight excluding hydrogens is 326 g/mol. The van der Waals surface area contributed by atoms with Crippen molar-refractivity contribution in [2.45, 2.75) is 18.9 Å². The zero-order valence-electron chi connectivity index (χ0n) is 11.9. The standard InChI is InChI=1S/C14H16ClN3OS2/c1-16-14(20-2)18-5-3-4-11(18)10-7-12(19-17-10)9-6-13(15)21-8-9/h6-8,11H,3-5H2,1-2H3/t11-/m1/s1. The van der Waals surface area contributed by atoms with E-state index in [9.17, 15) is 0 Å². The molecule has 21 heavy (non-hydrogen) atoms. The molecule has 0 amide bonds. The SMILES string of the molecule is CN=C(SC)N1CCC[C@@H]1c1cc(-c2csc(Cl)c2)on1. The maximum Gasteiger partial charge on any atom is 0.168 e. The first-order chi connectivity index (χ1) is 10.2. The van der Waals surface area contributed by atoms with Gasteiger partial charge in [-0.15, -0.1) is 11.3 Å². The monoisotopic (exact) mass is 341 g/mol. The predicted molar refractivity (Wildman–Crippen MR) is 90.4 cm³/mol. The first-order valence-electron chi connectivity index (χ1n) is 6.71. The fraction of sp³-hybridized carbons (Fsp3) is 0.429. The van der Waals surface area contributed by atoms with E-state index in [2.05, 4.69) is 21.3 Å². The fourth-order valence-electron chi connectivity index (χ4n) is 2.66. The highest BCUT2D eigenvalue weighted by Gasteiger charge is 2.30. The highest BCUT2D eigenvalue weighted by atomic mass is 35.5. The summed E-state index contributed by atoms with van der Waals surface area (Å²) in [5, 5.41) is 7.31. The lowest BCUT2D eigenvalue weighted by molar-refractivity contribution is 0.362. The van der Waals surface area contributed by atoms with Crippen molar-refractivity contribution in [2.75, 3.05) is 19.8 Å². The Labute approximate surface area is 137 Å². The smallest absolute Gasteiger partial charge is 0.168 e. The van der Waals surface area contributed by atoms with Crippen LogP contribution in [0.4, 0.5) is 0 Å². The van der Waals surface area contributed by atoms with E-state index in [1.165, 1.54) is 11.3 Å². The van der Waals surface area contributed by atoms with Gasteiger partial charge in [0.2, 0.25) is 0 Å². The number of halogens is 1. The molecule has 1 aliphatic heterocycles. The van der Waals surface area contributed by atoms with Crippen LogP contribution in [0, 0.1) is 0 Å². The normalized spacial score (nSPS) is 19.5. The molecular formula is C14H16ClN3OS2. The summed E-state index contributed by atoms with van der Waals surface area (Å²) in [6.07, 6.45) is 4.28. The molecule has 3 rings (SSSR count). The first-order valence-corrected chi connectivity index (χ1v) is 9.19. The quantitative estimate of drug-likeness (QED) is 0.594. The summed E-state index contributed by atoms with van der Waals surface area (Å²) in [5.74, 6) is 0.777. The van der Waals surface area contributed by atoms with Gasteiger partial charge in [0.25, 0.3) is 0 Å². The number of rotatable bonds is 2. The van der Waals surface area contributed by atoms with Crippen molar-refractivity contribution in [2.24, 2.45) is 4.99 Å². The van der Waals surface area contributed by atoms with Crippen molar-refractivity contribution < 1.29 is 4.52 Å². The summed E-state index contributed by atoms with van der Waals surface area (Å²) in [5.41, 5.74) is 1.96. The summed E-state index contributed by atoms with van der Waals surface area (Å²) in [4.78, 5) is 6.68. The van der Waals surface area contributed by atoms with Crippen molar-refractivity contribution >= 4 is 39.9 Å². The number of hydrogen-bond acceptors (Lipinski definition) is 5. The van der Waals surface area contributed by atoms with Crippen LogP contribution in [0.15, 0.2) is 27.0 Å². The minimum absolute atomic E-state index is 0.253. The lowest BCUT2D eigenvalue weighted by Crippen LogP contribution is -2.28. The van der Waals surface area contributed by atoms with Crippen molar-refractivity contribution in [1.29, 1.82) is 0 Å². The Morgan fingerprint density at radius 3 is 3.10 bits per heavy atom. The Morgan fingerprint density at radius 1 is 1.57 bits per heavy atom. The number of likely N-dealkylation sites (tertiary alicyclic amines) is 1. The van der Waals surface area contributed by atoms with Gasteiger partial charge in [-0.1, -0.05) is 28.5 Å². The molecule has 112 valence electrons. The molecule has 1 fully saturated rings. The molecule has 0 saturated carbocycles. The number of amidine groups is 1. The molecule has 2 aromatic rings. The van der Waals surface area contributed by atoms with Crippen LogP contribution in [-0.2, 0) is 0 Å². The summed E-state index contributed by atoms with van der Waals surface area (Å²) in [6.45, 7) is 1.02. The topological polar surface area (TPSA) is 41.6 Å². The van der Waals surface area contributed by atoms with Crippen molar-refractivity contribution in [3.63, 3.8) is 0 Å². The second kappa shape index (κ2) is 6.42. The number of nitrogens with zero attached hydrogens (tertiary/aromatic N) is 3. The lowest BCUT2D eigenvalue weighted by Gasteiger charge is -2.24. The number of aliphatic imine (C=N–C) groups is 1. The molecule has 1 aliphatic rings. The molecule has 0 bridgehead atoms. The van der Waals surface area contributed by atoms with Crippen molar-refractivity contribution in [3.05, 3.63) is 27.5 Å². The van der Waals surface area contributed by atoms with Crippen LogP contribution in [0.2, 0.25) is 4.34 Å². The molecule has 0 spiro atoms. The number of aromatic nitrogens is 1. The van der Waals surface area contributed by atoms with Crippen LogP contribution in [0.5, 0.6) is 0 Å². The minimum Gasteiger partial charge on any atom is -0.356 e. The van der Waals surface area contributed by atoms with E-state index in [0.717, 1.165) is 45.9 Å². The van der Waals surface area contributed by atoms with Gasteiger partial charge in [-0.25, -0.2) is 0 Å². The summed E-state index contributed by atoms with van der Waals surface area (Å²) in [7, 11) is 1.84. The van der Waals surface area contributed by atoms with E-state index in [4.69, 9.17) is 16.1 Å². The third-order valence-corrected chi connectivity index (χ3v) is 5.47. The van der Waals surface area contributed by atoms with Crippen LogP contribution in [0.3, 0.4) is 0 Å². The number of thiophene rings is 1. The summed E-state index contributed by atoms with van der Waals surface area (Å²) < 4.78 is 6.25. The van der Waals surface area contributed by atoms with Gasteiger partial charge in [0.1, 0.15) is 5.69 Å². The van der Waals surface area contributed by atoms with Gasteiger partial charge in [0, 0.05) is 30.6 Å². The van der Waals surface area contributed by atoms with Crippen molar-refractivity contribution in [1.82, 2.24) is 10.1 Å². The Balaban J connectivity index is 1.85. The van der Waals surface area contributed by atoms with Gasteiger partial charge in [-0.05, 0) is 25.2 Å². The Kier molecular flexibility index (Phi) is 4.57. The van der Waals surface area contributed by atoms with Crippen LogP contribution >= 0.6 is 34.7 Å². The van der Waals surface area contributed by atoms with E-state index >= 15 is 0 Å². The van der Waals surface area contributed by atoms with Gasteiger partial charge in [0.05, 0.1) is 10.4 Å². The Hall–Kier alpha value is -0.980. The highest BCUT2D eigenvalue weighted by molar-refractivity contribution is 8.13. The average Bonchev–Trinajstić information content (AvgIpc) is 3.18. The molecule has 0 radical (unpaired) electrons. The van der Waals surface area contributed by atoms with Gasteiger partial charge in [-0.3, -0.25) is 4.99 Å². The fourth-order valence-corrected chi connectivity index (χ4v) is 4.17. The average molecular weight is 342 g/mol. The number of hydrogen-bond donors (Lipinski definition) is 0. The molecule has 7 heteroatoms. The Morgan fingerprint density at radius 2 is 2.43 bits per heavy atom. The second-order valence-corrected chi connectivity index (χ2v) is 7.13. The molecule has 4 nitrogen and oxygen atoms in total. The van der Waals surface area contributed by atoms with Crippen LogP contribution in [0.25, 0.3) is 11.3 Å². The second-order valence-electron chi connectivity index (χ2n) is 4.82. The zero-order valence-corrected chi connectivity index (χ0v) is 14.3. The van der Waals surface area contributed by atoms with Crippen molar-refractivity contribution in [3.8, 4) is 11.3 Å². The third kappa shape index (κ3) is 2.98. The van der Waals surface area contributed by atoms with E-state index in [0.29, 0.717) is 0 Å². The largest absolute Gasteiger partial charge is 0.356 e. The number of thioether (sulfide) groups is 1. The first kappa shape index (κ1) is 14.9. The van der Waals surface area contributed by atoms with Gasteiger partial charge >= 0.3 is 0 Å². The van der Waals surface area contributed by atoms with E-state index in [1.54, 1.807) is 11.8 Å². The van der Waals surface area contributed by atoms with Gasteiger partial charge < -0.3 is 9.42 Å². The maximum absolute atomic E-state index is 5.98. The van der Waals surface area contributed by atoms with Crippen LogP contribution in [-0.4, -0.2) is 35.1 Å². The Bertz CT molecular complexity index is 652. The zero-order chi connectivity index (χ0) is 14.8.